The van der Waals surface area contributed by atoms with E-state index in [0.29, 0.717) is 28.3 Å². The quantitative estimate of drug-likeness (QED) is 0.633. The summed E-state index contributed by atoms with van der Waals surface area (Å²) in [6.45, 7) is -0.0232. The van der Waals surface area contributed by atoms with Crippen molar-refractivity contribution in [2.24, 2.45) is 0 Å². The minimum Gasteiger partial charge on any atom is -0.455 e. The van der Waals surface area contributed by atoms with Gasteiger partial charge in [-0.3, -0.25) is 4.98 Å². The second kappa shape index (κ2) is 4.75. The van der Waals surface area contributed by atoms with E-state index in [1.165, 1.54) is 6.07 Å². The van der Waals surface area contributed by atoms with E-state index >= 15 is 0 Å². The number of ether oxygens (including phenoxy) is 1. The third-order valence-electron chi connectivity index (χ3n) is 2.89. The minimum atomic E-state index is -0.538. The molecule has 0 bridgehead atoms. The van der Waals surface area contributed by atoms with Crippen LogP contribution in [0.25, 0.3) is 11.1 Å². The van der Waals surface area contributed by atoms with Gasteiger partial charge in [-0.2, -0.15) is 0 Å². The summed E-state index contributed by atoms with van der Waals surface area (Å²) in [6.07, 6.45) is 0. The number of aromatic amines is 1. The zero-order valence-electron chi connectivity index (χ0n) is 10.4. The van der Waals surface area contributed by atoms with Crippen LogP contribution >= 0.6 is 0 Å². The van der Waals surface area contributed by atoms with Gasteiger partial charge in [0.2, 0.25) is 0 Å². The Morgan fingerprint density at radius 1 is 1.25 bits per heavy atom. The van der Waals surface area contributed by atoms with Crippen molar-refractivity contribution >= 4 is 16.8 Å². The van der Waals surface area contributed by atoms with Gasteiger partial charge in [-0.15, -0.1) is 0 Å². The lowest BCUT2D eigenvalue weighted by Crippen LogP contribution is -1.93. The molecular weight excluding hydrogens is 260 g/mol. The molecule has 0 unspecified atom stereocenters. The molecule has 0 fully saturated rings. The summed E-state index contributed by atoms with van der Waals surface area (Å²) in [5.41, 5.74) is 7.92. The highest BCUT2D eigenvalue weighted by Gasteiger charge is 2.08. The number of anilines is 1. The number of benzene rings is 2. The second-order valence-corrected chi connectivity index (χ2v) is 4.30. The molecule has 0 aliphatic heterocycles. The number of nitrogen functional groups attached to an aromatic ring is 1. The number of nitrogens with two attached hydrogens (primary N) is 1. The van der Waals surface area contributed by atoms with E-state index in [0.717, 1.165) is 5.56 Å². The van der Waals surface area contributed by atoms with Crippen LogP contribution < -0.4 is 16.2 Å². The normalized spacial score (nSPS) is 10.8. The highest BCUT2D eigenvalue weighted by atomic mass is 16.5. The van der Waals surface area contributed by atoms with E-state index in [9.17, 15) is 4.79 Å². The SMILES string of the molecule is Nc1cc2oc(=O)[nH]c2cc1Oc1ccc(CO)cc1. The maximum atomic E-state index is 11.1. The summed E-state index contributed by atoms with van der Waals surface area (Å²) in [7, 11) is 0. The van der Waals surface area contributed by atoms with Crippen LogP contribution in [0.2, 0.25) is 0 Å². The summed E-state index contributed by atoms with van der Waals surface area (Å²) in [4.78, 5) is 13.7. The first-order valence-corrected chi connectivity index (χ1v) is 5.96. The van der Waals surface area contributed by atoms with Crippen molar-refractivity contribution in [3.8, 4) is 11.5 Å². The molecule has 102 valence electrons. The highest BCUT2D eigenvalue weighted by Crippen LogP contribution is 2.30. The van der Waals surface area contributed by atoms with E-state index in [1.807, 2.05) is 0 Å². The van der Waals surface area contributed by atoms with E-state index in [1.54, 1.807) is 30.3 Å². The molecule has 2 aromatic carbocycles. The van der Waals surface area contributed by atoms with Gasteiger partial charge in [-0.25, -0.2) is 4.79 Å². The number of hydrogen-bond donors (Lipinski definition) is 3. The first-order chi connectivity index (χ1) is 9.65. The van der Waals surface area contributed by atoms with Crippen molar-refractivity contribution < 1.29 is 14.3 Å². The zero-order valence-corrected chi connectivity index (χ0v) is 10.4. The smallest absolute Gasteiger partial charge is 0.417 e. The first-order valence-electron chi connectivity index (χ1n) is 5.96. The molecule has 0 atom stereocenters. The Balaban J connectivity index is 1.96. The fourth-order valence-corrected chi connectivity index (χ4v) is 1.87. The maximum absolute atomic E-state index is 11.1. The third kappa shape index (κ3) is 2.24. The van der Waals surface area contributed by atoms with Gasteiger partial charge in [-0.1, -0.05) is 12.1 Å². The molecule has 0 aliphatic carbocycles. The fourth-order valence-electron chi connectivity index (χ4n) is 1.87. The van der Waals surface area contributed by atoms with Gasteiger partial charge in [0, 0.05) is 12.1 Å². The van der Waals surface area contributed by atoms with E-state index in [-0.39, 0.29) is 6.61 Å². The Morgan fingerprint density at radius 2 is 2.00 bits per heavy atom. The lowest BCUT2D eigenvalue weighted by atomic mass is 10.2. The molecule has 1 heterocycles. The van der Waals surface area contributed by atoms with Crippen LogP contribution in [0.4, 0.5) is 5.69 Å². The molecule has 6 heteroatoms. The standard InChI is InChI=1S/C14H12N2O4/c15-10-5-13-11(16-14(18)20-13)6-12(10)19-9-3-1-8(7-17)2-4-9/h1-6,17H,7,15H2,(H,16,18). The number of aromatic nitrogens is 1. The number of hydrogen-bond acceptors (Lipinski definition) is 5. The van der Waals surface area contributed by atoms with Crippen LogP contribution in [0.3, 0.4) is 0 Å². The van der Waals surface area contributed by atoms with Crippen molar-refractivity contribution in [1.29, 1.82) is 0 Å². The van der Waals surface area contributed by atoms with Crippen molar-refractivity contribution in [1.82, 2.24) is 4.98 Å². The van der Waals surface area contributed by atoms with Gasteiger partial charge in [0.15, 0.2) is 11.3 Å². The second-order valence-electron chi connectivity index (χ2n) is 4.30. The van der Waals surface area contributed by atoms with E-state index in [4.69, 9.17) is 20.0 Å². The number of aliphatic hydroxyl groups is 1. The first kappa shape index (κ1) is 12.3. The molecule has 3 aromatic rings. The van der Waals surface area contributed by atoms with Crippen LogP contribution in [0.1, 0.15) is 5.56 Å². The van der Waals surface area contributed by atoms with Gasteiger partial charge in [-0.05, 0) is 17.7 Å². The van der Waals surface area contributed by atoms with Crippen molar-refractivity contribution in [2.45, 2.75) is 6.61 Å². The number of oxazole rings is 1. The van der Waals surface area contributed by atoms with Crippen LogP contribution in [-0.2, 0) is 6.61 Å². The molecule has 0 saturated heterocycles. The predicted molar refractivity (Wildman–Crippen MR) is 73.7 cm³/mol. The largest absolute Gasteiger partial charge is 0.455 e. The molecule has 4 N–H and O–H groups in total. The number of fused-ring (bicyclic) bond motifs is 1. The summed E-state index contributed by atoms with van der Waals surface area (Å²) >= 11 is 0. The molecule has 3 rings (SSSR count). The average molecular weight is 272 g/mol. The molecule has 0 aliphatic rings. The van der Waals surface area contributed by atoms with Crippen LogP contribution in [0, 0.1) is 0 Å². The van der Waals surface area contributed by atoms with Gasteiger partial charge in [0.05, 0.1) is 17.8 Å². The molecule has 0 saturated carbocycles. The van der Waals surface area contributed by atoms with Crippen molar-refractivity contribution in [3.63, 3.8) is 0 Å². The van der Waals surface area contributed by atoms with Crippen LogP contribution in [-0.4, -0.2) is 10.1 Å². The zero-order chi connectivity index (χ0) is 14.1. The Morgan fingerprint density at radius 3 is 2.70 bits per heavy atom. The predicted octanol–water partition coefficient (Wildman–Crippen LogP) is 1.99. The molecule has 0 amide bonds. The summed E-state index contributed by atoms with van der Waals surface area (Å²) in [5.74, 6) is 0.467. The topological polar surface area (TPSA) is 101 Å². The summed E-state index contributed by atoms with van der Waals surface area (Å²) < 4.78 is 10.6. The van der Waals surface area contributed by atoms with Gasteiger partial charge < -0.3 is 20.0 Å². The van der Waals surface area contributed by atoms with Crippen LogP contribution in [0.15, 0.2) is 45.6 Å². The van der Waals surface area contributed by atoms with Gasteiger partial charge in [0.1, 0.15) is 5.75 Å². The van der Waals surface area contributed by atoms with E-state index < -0.39 is 5.76 Å². The molecule has 20 heavy (non-hydrogen) atoms. The average Bonchev–Trinajstić information content (AvgIpc) is 2.79. The minimum absolute atomic E-state index is 0.0232. The maximum Gasteiger partial charge on any atom is 0.417 e. The number of rotatable bonds is 3. The Hall–Kier alpha value is -2.73. The molecular formula is C14H12N2O4. The fraction of sp³-hybridized carbons (Fsp3) is 0.0714. The lowest BCUT2D eigenvalue weighted by Gasteiger charge is -2.08. The third-order valence-corrected chi connectivity index (χ3v) is 2.89. The molecule has 0 radical (unpaired) electrons. The number of H-pyrrole nitrogens is 1. The van der Waals surface area contributed by atoms with Gasteiger partial charge >= 0.3 is 5.76 Å². The van der Waals surface area contributed by atoms with Crippen molar-refractivity contribution in [2.75, 3.05) is 5.73 Å². The molecule has 1 aromatic heterocycles. The van der Waals surface area contributed by atoms with E-state index in [2.05, 4.69) is 4.98 Å². The Kier molecular flexibility index (Phi) is 2.92. The van der Waals surface area contributed by atoms with Gasteiger partial charge in [0.25, 0.3) is 0 Å². The highest BCUT2D eigenvalue weighted by molar-refractivity contribution is 5.80. The van der Waals surface area contributed by atoms with Crippen molar-refractivity contribution in [3.05, 3.63) is 52.5 Å². The van der Waals surface area contributed by atoms with Crippen LogP contribution in [0.5, 0.6) is 11.5 Å². The lowest BCUT2D eigenvalue weighted by molar-refractivity contribution is 0.281. The molecule has 0 spiro atoms. The monoisotopic (exact) mass is 272 g/mol. The number of aliphatic hydroxyl groups excluding tert-OH is 1. The Bertz CT molecular complexity index is 802. The molecule has 6 nitrogen and oxygen atoms in total. The number of nitrogens with one attached hydrogen (secondary N) is 1. The Labute approximate surface area is 113 Å². The summed E-state index contributed by atoms with van der Waals surface area (Å²) in [6, 6.07) is 10.1. The summed E-state index contributed by atoms with van der Waals surface area (Å²) in [5, 5.41) is 8.98.